The Bertz CT molecular complexity index is 988. The number of hydrogen-bond donors (Lipinski definition) is 1. The molecule has 0 aliphatic rings. The quantitative estimate of drug-likeness (QED) is 0.680. The number of aryl methyl sites for hydroxylation is 4. The van der Waals surface area contributed by atoms with Crippen molar-refractivity contribution in [2.75, 3.05) is 6.54 Å². The van der Waals surface area contributed by atoms with Gasteiger partial charge in [0.15, 0.2) is 0 Å². The zero-order valence-electron chi connectivity index (χ0n) is 14.5. The molecule has 0 spiro atoms. The molecule has 0 aliphatic carbocycles. The Hall–Kier alpha value is -2.32. The SMILES string of the molecule is Cc1cc(C)c(S(=O)(=O)NCCCc2cnc3ncnn3c2)c(C)c1. The highest BCUT2D eigenvalue weighted by atomic mass is 32.2. The molecule has 0 fully saturated rings. The van der Waals surface area contributed by atoms with Crippen LogP contribution in [0, 0.1) is 20.8 Å². The van der Waals surface area contributed by atoms with Gasteiger partial charge < -0.3 is 0 Å². The molecule has 1 N–H and O–H groups in total. The van der Waals surface area contributed by atoms with Crippen LogP contribution in [-0.2, 0) is 16.4 Å². The third-order valence-corrected chi connectivity index (χ3v) is 5.76. The average Bonchev–Trinajstić information content (AvgIpc) is 2.97. The van der Waals surface area contributed by atoms with Crippen LogP contribution in [-0.4, -0.2) is 34.5 Å². The lowest BCUT2D eigenvalue weighted by molar-refractivity contribution is 0.577. The normalized spacial score (nSPS) is 12.0. The molecule has 7 nitrogen and oxygen atoms in total. The maximum Gasteiger partial charge on any atom is 0.252 e. The number of nitrogens with zero attached hydrogens (tertiary/aromatic N) is 4. The van der Waals surface area contributed by atoms with Gasteiger partial charge in [-0.1, -0.05) is 17.7 Å². The zero-order valence-corrected chi connectivity index (χ0v) is 15.3. The number of nitrogens with one attached hydrogen (secondary N) is 1. The molecule has 25 heavy (non-hydrogen) atoms. The lowest BCUT2D eigenvalue weighted by Crippen LogP contribution is -2.26. The van der Waals surface area contributed by atoms with E-state index in [0.717, 1.165) is 22.3 Å². The van der Waals surface area contributed by atoms with Crippen molar-refractivity contribution in [1.29, 1.82) is 0 Å². The topological polar surface area (TPSA) is 89.2 Å². The number of rotatable bonds is 6. The molecule has 0 saturated heterocycles. The van der Waals surface area contributed by atoms with E-state index < -0.39 is 10.0 Å². The summed E-state index contributed by atoms with van der Waals surface area (Å²) in [5.74, 6) is 0.551. The first-order valence-corrected chi connectivity index (χ1v) is 9.57. The average molecular weight is 359 g/mol. The van der Waals surface area contributed by atoms with Gasteiger partial charge in [0.2, 0.25) is 10.0 Å². The van der Waals surface area contributed by atoms with E-state index in [4.69, 9.17) is 0 Å². The third-order valence-electron chi connectivity index (χ3n) is 4.00. The number of sulfonamides is 1. The summed E-state index contributed by atoms with van der Waals surface area (Å²) < 4.78 is 29.5. The van der Waals surface area contributed by atoms with E-state index in [2.05, 4.69) is 19.8 Å². The van der Waals surface area contributed by atoms with Gasteiger partial charge in [-0.15, -0.1) is 0 Å². The second kappa shape index (κ2) is 6.89. The second-order valence-electron chi connectivity index (χ2n) is 6.20. The minimum Gasteiger partial charge on any atom is -0.219 e. The standard InChI is InChI=1S/C17H21N5O2S/c1-12-7-13(2)16(14(3)8-12)25(23,24)21-6-4-5-15-9-18-17-19-11-20-22(17)10-15/h7-11,21H,4-6H2,1-3H3. The highest BCUT2D eigenvalue weighted by Crippen LogP contribution is 2.21. The molecule has 0 radical (unpaired) electrons. The summed E-state index contributed by atoms with van der Waals surface area (Å²) >= 11 is 0. The van der Waals surface area contributed by atoms with Crippen molar-refractivity contribution in [2.45, 2.75) is 38.5 Å². The van der Waals surface area contributed by atoms with Crippen LogP contribution in [0.15, 0.2) is 35.7 Å². The predicted octanol–water partition coefficient (Wildman–Crippen LogP) is 1.96. The predicted molar refractivity (Wildman–Crippen MR) is 94.9 cm³/mol. The van der Waals surface area contributed by atoms with Crippen molar-refractivity contribution in [2.24, 2.45) is 0 Å². The molecule has 2 heterocycles. The molecule has 1 aromatic carbocycles. The molecule has 0 bridgehead atoms. The number of fused-ring (bicyclic) bond motifs is 1. The summed E-state index contributed by atoms with van der Waals surface area (Å²) in [6, 6.07) is 3.78. The Morgan fingerprint density at radius 3 is 2.56 bits per heavy atom. The maximum atomic E-state index is 12.6. The van der Waals surface area contributed by atoms with E-state index in [9.17, 15) is 8.42 Å². The first-order valence-electron chi connectivity index (χ1n) is 8.08. The van der Waals surface area contributed by atoms with Gasteiger partial charge in [0.1, 0.15) is 6.33 Å². The smallest absolute Gasteiger partial charge is 0.219 e. The van der Waals surface area contributed by atoms with Crippen molar-refractivity contribution in [1.82, 2.24) is 24.3 Å². The number of benzene rings is 1. The van der Waals surface area contributed by atoms with Gasteiger partial charge in [-0.05, 0) is 50.3 Å². The number of hydrogen-bond acceptors (Lipinski definition) is 5. The summed E-state index contributed by atoms with van der Waals surface area (Å²) in [6.07, 6.45) is 6.43. The lowest BCUT2D eigenvalue weighted by Gasteiger charge is -2.13. The Morgan fingerprint density at radius 2 is 1.84 bits per heavy atom. The van der Waals surface area contributed by atoms with E-state index in [1.54, 1.807) is 10.7 Å². The summed E-state index contributed by atoms with van der Waals surface area (Å²) in [7, 11) is -3.51. The van der Waals surface area contributed by atoms with Crippen LogP contribution in [0.3, 0.4) is 0 Å². The Labute approximate surface area is 147 Å². The van der Waals surface area contributed by atoms with Gasteiger partial charge in [0, 0.05) is 18.9 Å². The zero-order chi connectivity index (χ0) is 18.0. The van der Waals surface area contributed by atoms with Crippen molar-refractivity contribution in [3.8, 4) is 0 Å². The molecule has 0 amide bonds. The third kappa shape index (κ3) is 3.85. The molecule has 8 heteroatoms. The second-order valence-corrected chi connectivity index (χ2v) is 7.90. The molecule has 0 aliphatic heterocycles. The fraction of sp³-hybridized carbons (Fsp3) is 0.353. The highest BCUT2D eigenvalue weighted by Gasteiger charge is 2.19. The Morgan fingerprint density at radius 1 is 1.12 bits per heavy atom. The Kier molecular flexibility index (Phi) is 4.82. The van der Waals surface area contributed by atoms with Crippen molar-refractivity contribution >= 4 is 15.8 Å². The van der Waals surface area contributed by atoms with E-state index in [-0.39, 0.29) is 0 Å². The molecule has 132 valence electrons. The van der Waals surface area contributed by atoms with Gasteiger partial charge in [-0.3, -0.25) is 0 Å². The van der Waals surface area contributed by atoms with Crippen LogP contribution in [0.5, 0.6) is 0 Å². The number of aromatic nitrogens is 4. The minimum absolute atomic E-state index is 0.366. The molecule has 2 aromatic heterocycles. The molecular weight excluding hydrogens is 338 g/mol. The fourth-order valence-electron chi connectivity index (χ4n) is 3.05. The lowest BCUT2D eigenvalue weighted by atomic mass is 10.1. The van der Waals surface area contributed by atoms with Crippen LogP contribution < -0.4 is 4.72 Å². The van der Waals surface area contributed by atoms with Crippen LogP contribution in [0.1, 0.15) is 28.7 Å². The van der Waals surface area contributed by atoms with E-state index >= 15 is 0 Å². The van der Waals surface area contributed by atoms with Gasteiger partial charge in [0.05, 0.1) is 4.90 Å². The minimum atomic E-state index is -3.51. The molecule has 0 unspecified atom stereocenters. The summed E-state index contributed by atoms with van der Waals surface area (Å²) in [4.78, 5) is 8.57. The van der Waals surface area contributed by atoms with Crippen molar-refractivity contribution < 1.29 is 8.42 Å². The summed E-state index contributed by atoms with van der Waals surface area (Å²) in [5, 5.41) is 4.04. The molecular formula is C17H21N5O2S. The molecule has 3 rings (SSSR count). The first kappa shape index (κ1) is 17.5. The Balaban J connectivity index is 1.63. The van der Waals surface area contributed by atoms with E-state index in [1.807, 2.05) is 39.1 Å². The van der Waals surface area contributed by atoms with E-state index in [0.29, 0.717) is 30.1 Å². The molecule has 3 aromatic rings. The fourth-order valence-corrected chi connectivity index (χ4v) is 4.57. The van der Waals surface area contributed by atoms with Crippen LogP contribution in [0.25, 0.3) is 5.78 Å². The largest absolute Gasteiger partial charge is 0.252 e. The first-order chi connectivity index (χ1) is 11.9. The van der Waals surface area contributed by atoms with Crippen molar-refractivity contribution in [3.05, 3.63) is 53.1 Å². The van der Waals surface area contributed by atoms with Gasteiger partial charge in [-0.25, -0.2) is 22.6 Å². The van der Waals surface area contributed by atoms with E-state index in [1.165, 1.54) is 6.33 Å². The summed E-state index contributed by atoms with van der Waals surface area (Å²) in [6.45, 7) is 5.98. The van der Waals surface area contributed by atoms with Gasteiger partial charge >= 0.3 is 0 Å². The van der Waals surface area contributed by atoms with Crippen molar-refractivity contribution in [3.63, 3.8) is 0 Å². The van der Waals surface area contributed by atoms with Crippen LogP contribution >= 0.6 is 0 Å². The van der Waals surface area contributed by atoms with Gasteiger partial charge in [-0.2, -0.15) is 10.1 Å². The van der Waals surface area contributed by atoms with Crippen LogP contribution in [0.4, 0.5) is 0 Å². The maximum absolute atomic E-state index is 12.6. The van der Waals surface area contributed by atoms with Crippen LogP contribution in [0.2, 0.25) is 0 Å². The molecule has 0 saturated carbocycles. The summed E-state index contributed by atoms with van der Waals surface area (Å²) in [5.41, 5.74) is 3.58. The molecule has 0 atom stereocenters. The van der Waals surface area contributed by atoms with Gasteiger partial charge in [0.25, 0.3) is 5.78 Å². The highest BCUT2D eigenvalue weighted by molar-refractivity contribution is 7.89. The monoisotopic (exact) mass is 359 g/mol.